The molecule has 1 heterocycles. The highest BCUT2D eigenvalue weighted by molar-refractivity contribution is 5.96. The summed E-state index contributed by atoms with van der Waals surface area (Å²) in [6, 6.07) is 4.14. The van der Waals surface area contributed by atoms with Gasteiger partial charge in [-0.3, -0.25) is 4.79 Å². The fourth-order valence-corrected chi connectivity index (χ4v) is 1.21. The molecule has 0 atom stereocenters. The second-order valence-electron chi connectivity index (χ2n) is 3.15. The van der Waals surface area contributed by atoms with Crippen molar-refractivity contribution in [1.29, 1.82) is 0 Å². The molecule has 1 amide bonds. The van der Waals surface area contributed by atoms with Crippen LogP contribution in [-0.2, 0) is 0 Å². The van der Waals surface area contributed by atoms with Gasteiger partial charge in [-0.05, 0) is 18.2 Å². The van der Waals surface area contributed by atoms with E-state index < -0.39 is 35.2 Å². The fourth-order valence-electron chi connectivity index (χ4n) is 1.21. The highest BCUT2D eigenvalue weighted by Gasteiger charge is 2.66. The fraction of sp³-hybridized carbons (Fsp3) is 0.222. The van der Waals surface area contributed by atoms with Crippen LogP contribution in [0, 0.1) is 6.07 Å². The van der Waals surface area contributed by atoms with E-state index in [1.54, 1.807) is 0 Å². The normalized spacial score (nSPS) is 19.8. The van der Waals surface area contributed by atoms with Gasteiger partial charge in [-0.25, -0.2) is 0 Å². The molecule has 0 saturated carbocycles. The summed E-state index contributed by atoms with van der Waals surface area (Å²) in [6.45, 7) is 0. The van der Waals surface area contributed by atoms with Crippen molar-refractivity contribution in [3.63, 3.8) is 0 Å². The van der Waals surface area contributed by atoms with Crippen molar-refractivity contribution in [2.75, 3.05) is 0 Å². The van der Waals surface area contributed by atoms with E-state index in [0.29, 0.717) is 0 Å². The number of primary amides is 1. The Kier molecular flexibility index (Phi) is 2.20. The highest BCUT2D eigenvalue weighted by atomic mass is 19.3. The zero-order valence-electron chi connectivity index (χ0n) is 7.97. The first-order chi connectivity index (χ1) is 7.74. The van der Waals surface area contributed by atoms with Gasteiger partial charge in [-0.2, -0.15) is 17.6 Å². The molecule has 0 aromatic heterocycles. The Morgan fingerprint density at radius 1 is 1.24 bits per heavy atom. The van der Waals surface area contributed by atoms with Crippen LogP contribution in [0.4, 0.5) is 17.6 Å². The molecule has 0 fully saturated rings. The molecule has 0 saturated heterocycles. The van der Waals surface area contributed by atoms with E-state index in [0.717, 1.165) is 12.1 Å². The van der Waals surface area contributed by atoms with Gasteiger partial charge in [0.15, 0.2) is 11.5 Å². The van der Waals surface area contributed by atoms with Gasteiger partial charge in [0.1, 0.15) is 0 Å². The molecule has 1 aromatic rings. The van der Waals surface area contributed by atoms with Crippen molar-refractivity contribution in [1.82, 2.24) is 0 Å². The van der Waals surface area contributed by atoms with Gasteiger partial charge >= 0.3 is 12.2 Å². The zero-order chi connectivity index (χ0) is 12.8. The van der Waals surface area contributed by atoms with Crippen molar-refractivity contribution in [2.24, 2.45) is 5.73 Å². The summed E-state index contributed by atoms with van der Waals surface area (Å²) >= 11 is 0. The Morgan fingerprint density at radius 3 is 2.41 bits per heavy atom. The van der Waals surface area contributed by atoms with Gasteiger partial charge in [0.2, 0.25) is 0 Å². The van der Waals surface area contributed by atoms with Crippen LogP contribution >= 0.6 is 0 Å². The first-order valence-electron chi connectivity index (χ1n) is 4.23. The Morgan fingerprint density at radius 2 is 1.82 bits per heavy atom. The van der Waals surface area contributed by atoms with E-state index in [2.05, 4.69) is 15.5 Å². The predicted molar refractivity (Wildman–Crippen MR) is 44.9 cm³/mol. The average molecular weight is 250 g/mol. The average Bonchev–Trinajstić information content (AvgIpc) is 2.17. The lowest BCUT2D eigenvalue weighted by molar-refractivity contribution is -0.391. The van der Waals surface area contributed by atoms with Crippen LogP contribution in [0.5, 0.6) is 11.5 Å². The Balaban J connectivity index is 2.57. The molecule has 1 radical (unpaired) electrons. The van der Waals surface area contributed by atoms with Crippen molar-refractivity contribution < 1.29 is 31.8 Å². The number of carbonyl (C=O) groups excluding carboxylic acids is 1. The SMILES string of the molecule is NC(=O)c1[c]ccc2c1OC(F)(F)C(F)(F)O2. The van der Waals surface area contributed by atoms with Crippen LogP contribution in [-0.4, -0.2) is 18.1 Å². The van der Waals surface area contributed by atoms with Crippen molar-refractivity contribution in [2.45, 2.75) is 12.2 Å². The minimum atomic E-state index is -4.89. The topological polar surface area (TPSA) is 61.6 Å². The second-order valence-corrected chi connectivity index (χ2v) is 3.15. The van der Waals surface area contributed by atoms with Gasteiger partial charge < -0.3 is 15.2 Å². The Hall–Kier alpha value is -1.99. The molecular formula is C9H4F4NO3. The maximum absolute atomic E-state index is 12.8. The summed E-state index contributed by atoms with van der Waals surface area (Å²) in [5.74, 6) is -2.70. The summed E-state index contributed by atoms with van der Waals surface area (Å²) in [5, 5.41) is 0. The zero-order valence-corrected chi connectivity index (χ0v) is 7.97. The molecule has 2 N–H and O–H groups in total. The van der Waals surface area contributed by atoms with Crippen LogP contribution in [0.1, 0.15) is 10.4 Å². The van der Waals surface area contributed by atoms with Gasteiger partial charge in [0, 0.05) is 0 Å². The minimum Gasteiger partial charge on any atom is -0.421 e. The number of halogens is 4. The summed E-state index contributed by atoms with van der Waals surface area (Å²) in [7, 11) is 0. The third kappa shape index (κ3) is 1.65. The van der Waals surface area contributed by atoms with Crippen molar-refractivity contribution in [3.05, 3.63) is 23.8 Å². The predicted octanol–water partition coefficient (Wildman–Crippen LogP) is 1.54. The number of hydrogen-bond acceptors (Lipinski definition) is 3. The molecule has 0 unspecified atom stereocenters. The van der Waals surface area contributed by atoms with Crippen LogP contribution in [0.25, 0.3) is 0 Å². The smallest absolute Gasteiger partial charge is 0.421 e. The number of ether oxygens (including phenoxy) is 2. The van der Waals surface area contributed by atoms with Crippen LogP contribution in [0.2, 0.25) is 0 Å². The summed E-state index contributed by atoms with van der Waals surface area (Å²) < 4.78 is 58.8. The lowest BCUT2D eigenvalue weighted by Gasteiger charge is -2.32. The van der Waals surface area contributed by atoms with Gasteiger partial charge in [-0.1, -0.05) is 0 Å². The lowest BCUT2D eigenvalue weighted by atomic mass is 10.1. The quantitative estimate of drug-likeness (QED) is 0.769. The van der Waals surface area contributed by atoms with E-state index in [1.165, 1.54) is 0 Å². The number of benzene rings is 1. The van der Waals surface area contributed by atoms with Crippen LogP contribution in [0.15, 0.2) is 12.1 Å². The first kappa shape index (κ1) is 11.5. The summed E-state index contributed by atoms with van der Waals surface area (Å²) in [6.07, 6.45) is -9.71. The molecule has 1 aliphatic heterocycles. The Labute approximate surface area is 91.9 Å². The molecule has 8 heteroatoms. The summed E-state index contributed by atoms with van der Waals surface area (Å²) in [4.78, 5) is 10.9. The molecule has 2 rings (SSSR count). The number of rotatable bonds is 1. The van der Waals surface area contributed by atoms with Gasteiger partial charge in [0.25, 0.3) is 5.91 Å². The van der Waals surface area contributed by atoms with E-state index in [-0.39, 0.29) is 0 Å². The van der Waals surface area contributed by atoms with E-state index in [1.807, 2.05) is 0 Å². The number of amides is 1. The molecule has 1 aromatic carbocycles. The second kappa shape index (κ2) is 3.25. The van der Waals surface area contributed by atoms with E-state index >= 15 is 0 Å². The molecule has 17 heavy (non-hydrogen) atoms. The van der Waals surface area contributed by atoms with E-state index in [4.69, 9.17) is 5.73 Å². The first-order valence-corrected chi connectivity index (χ1v) is 4.23. The highest BCUT2D eigenvalue weighted by Crippen LogP contribution is 2.47. The molecule has 0 aliphatic carbocycles. The molecule has 0 spiro atoms. The molecular weight excluding hydrogens is 246 g/mol. The minimum absolute atomic E-state index is 0.585. The lowest BCUT2D eigenvalue weighted by Crippen LogP contribution is -2.52. The number of carbonyl (C=O) groups is 1. The van der Waals surface area contributed by atoms with Crippen LogP contribution in [0.3, 0.4) is 0 Å². The number of hydrogen-bond donors (Lipinski definition) is 1. The van der Waals surface area contributed by atoms with Gasteiger partial charge in [-0.15, -0.1) is 0 Å². The van der Waals surface area contributed by atoms with Gasteiger partial charge in [0.05, 0.1) is 5.56 Å². The number of fused-ring (bicyclic) bond motifs is 1. The van der Waals surface area contributed by atoms with Crippen molar-refractivity contribution >= 4 is 5.91 Å². The number of alkyl halides is 4. The van der Waals surface area contributed by atoms with Crippen LogP contribution < -0.4 is 15.2 Å². The van der Waals surface area contributed by atoms with Crippen molar-refractivity contribution in [3.8, 4) is 11.5 Å². The molecule has 1 aliphatic rings. The molecule has 0 bridgehead atoms. The maximum Gasteiger partial charge on any atom is 0.507 e. The molecule has 4 nitrogen and oxygen atoms in total. The number of nitrogens with two attached hydrogens (primary N) is 1. The molecule has 91 valence electrons. The Bertz CT molecular complexity index is 489. The monoisotopic (exact) mass is 250 g/mol. The largest absolute Gasteiger partial charge is 0.507 e. The third-order valence-corrected chi connectivity index (χ3v) is 1.97. The standard InChI is InChI=1S/C9H4F4NO3/c10-8(11)9(12,13)17-6-4(7(14)15)2-1-3-5(6)16-8/h1,3H,(H2,14,15). The third-order valence-electron chi connectivity index (χ3n) is 1.97. The van der Waals surface area contributed by atoms with E-state index in [9.17, 15) is 22.4 Å². The summed E-state index contributed by atoms with van der Waals surface area (Å²) in [5.41, 5.74) is 4.27. The maximum atomic E-state index is 12.8.